The number of H-pyrrole nitrogens is 1. The zero-order valence-electron chi connectivity index (χ0n) is 16.7. The number of sulfonamides is 1. The highest BCUT2D eigenvalue weighted by Crippen LogP contribution is 2.34. The number of fused-ring (bicyclic) bond motifs is 1. The van der Waals surface area contributed by atoms with Gasteiger partial charge in [-0.15, -0.1) is 0 Å². The van der Waals surface area contributed by atoms with Crippen LogP contribution >= 0.6 is 0 Å². The van der Waals surface area contributed by atoms with Crippen molar-refractivity contribution in [2.45, 2.75) is 11.1 Å². The Morgan fingerprint density at radius 2 is 1.72 bits per heavy atom. The molecule has 11 heteroatoms. The fourth-order valence-corrected chi connectivity index (χ4v) is 5.17. The number of allylic oxidation sites excluding steroid dienone is 1. The number of alkyl halides is 3. The molecule has 0 saturated carbocycles. The molecule has 0 spiro atoms. The lowest BCUT2D eigenvalue weighted by Gasteiger charge is -2.33. The van der Waals surface area contributed by atoms with Crippen molar-refractivity contribution in [1.29, 1.82) is 0 Å². The van der Waals surface area contributed by atoms with Crippen LogP contribution in [0.5, 0.6) is 0 Å². The highest BCUT2D eigenvalue weighted by atomic mass is 32.2. The molecule has 4 rings (SSSR count). The van der Waals surface area contributed by atoms with Gasteiger partial charge in [0.1, 0.15) is 10.5 Å². The van der Waals surface area contributed by atoms with Gasteiger partial charge in [-0.25, -0.2) is 13.4 Å². The molecule has 1 aliphatic heterocycles. The van der Waals surface area contributed by atoms with Crippen LogP contribution in [0.3, 0.4) is 0 Å². The van der Waals surface area contributed by atoms with E-state index in [2.05, 4.69) is 9.97 Å². The quantitative estimate of drug-likeness (QED) is 0.602. The molecule has 1 fully saturated rings. The number of benzene rings is 1. The Hall–Kier alpha value is -3.18. The molecule has 0 aliphatic carbocycles. The first-order chi connectivity index (χ1) is 15.2. The Morgan fingerprint density at radius 3 is 2.38 bits per heavy atom. The molecule has 1 N–H and O–H groups in total. The lowest BCUT2D eigenvalue weighted by Crippen LogP contribution is -2.50. The van der Waals surface area contributed by atoms with Gasteiger partial charge in [-0.1, -0.05) is 30.3 Å². The third-order valence-electron chi connectivity index (χ3n) is 5.24. The van der Waals surface area contributed by atoms with E-state index in [9.17, 15) is 26.4 Å². The van der Waals surface area contributed by atoms with Crippen LogP contribution in [-0.2, 0) is 14.8 Å². The Kier molecular flexibility index (Phi) is 5.78. The number of pyridine rings is 1. The summed E-state index contributed by atoms with van der Waals surface area (Å²) in [7, 11) is -3.85. The van der Waals surface area contributed by atoms with Gasteiger partial charge in [-0.3, -0.25) is 4.79 Å². The van der Waals surface area contributed by atoms with E-state index in [1.165, 1.54) is 45.9 Å². The predicted octanol–water partition coefficient (Wildman–Crippen LogP) is 3.04. The van der Waals surface area contributed by atoms with Gasteiger partial charge in [0, 0.05) is 50.0 Å². The highest BCUT2D eigenvalue weighted by Gasteiger charge is 2.37. The SMILES string of the molecule is O=C(C=C(c1ccccc1)C(F)(F)F)N1CCN(S(=O)(=O)c2c[nH]c3ncccc23)CC1. The van der Waals surface area contributed by atoms with Crippen molar-refractivity contribution >= 4 is 32.5 Å². The van der Waals surface area contributed by atoms with Gasteiger partial charge >= 0.3 is 6.18 Å². The second-order valence-corrected chi connectivity index (χ2v) is 9.11. The van der Waals surface area contributed by atoms with Gasteiger partial charge in [0.25, 0.3) is 0 Å². The van der Waals surface area contributed by atoms with Crippen molar-refractivity contribution in [2.24, 2.45) is 0 Å². The van der Waals surface area contributed by atoms with Crippen LogP contribution in [0.4, 0.5) is 13.2 Å². The first kappa shape index (κ1) is 22.0. The number of nitrogens with one attached hydrogen (secondary N) is 1. The van der Waals surface area contributed by atoms with Gasteiger partial charge < -0.3 is 9.88 Å². The van der Waals surface area contributed by atoms with Crippen LogP contribution in [0.1, 0.15) is 5.56 Å². The molecular weight excluding hydrogens is 445 g/mol. The van der Waals surface area contributed by atoms with Gasteiger partial charge in [0.15, 0.2) is 0 Å². The summed E-state index contributed by atoms with van der Waals surface area (Å²) in [5.74, 6) is -0.811. The summed E-state index contributed by atoms with van der Waals surface area (Å²) >= 11 is 0. The average Bonchev–Trinajstić information content (AvgIpc) is 3.22. The van der Waals surface area contributed by atoms with E-state index in [0.29, 0.717) is 17.1 Å². The Labute approximate surface area is 182 Å². The molecule has 168 valence electrons. The maximum absolute atomic E-state index is 13.5. The van der Waals surface area contributed by atoms with Crippen LogP contribution in [0.25, 0.3) is 16.6 Å². The van der Waals surface area contributed by atoms with Crippen molar-refractivity contribution in [3.8, 4) is 0 Å². The number of piperazine rings is 1. The minimum absolute atomic E-state index is 0.0188. The second kappa shape index (κ2) is 8.40. The molecule has 3 aromatic rings. The predicted molar refractivity (Wildman–Crippen MR) is 112 cm³/mol. The first-order valence-corrected chi connectivity index (χ1v) is 11.2. The van der Waals surface area contributed by atoms with Crippen LogP contribution in [-0.4, -0.2) is 65.9 Å². The lowest BCUT2D eigenvalue weighted by molar-refractivity contribution is -0.127. The highest BCUT2D eigenvalue weighted by molar-refractivity contribution is 7.89. The monoisotopic (exact) mass is 464 g/mol. The number of hydrogen-bond acceptors (Lipinski definition) is 4. The number of nitrogens with zero attached hydrogens (tertiary/aromatic N) is 3. The Balaban J connectivity index is 1.50. The minimum Gasteiger partial charge on any atom is -0.345 e. The topological polar surface area (TPSA) is 86.4 Å². The molecule has 0 radical (unpaired) electrons. The van der Waals surface area contributed by atoms with E-state index >= 15 is 0 Å². The Morgan fingerprint density at radius 1 is 1.03 bits per heavy atom. The molecule has 32 heavy (non-hydrogen) atoms. The van der Waals surface area contributed by atoms with Crippen molar-refractivity contribution in [3.05, 3.63) is 66.5 Å². The number of carbonyl (C=O) groups excluding carboxylic acids is 1. The maximum Gasteiger partial charge on any atom is 0.417 e. The number of halogens is 3. The summed E-state index contributed by atoms with van der Waals surface area (Å²) in [6.45, 7) is -0.0900. The van der Waals surface area contributed by atoms with Gasteiger partial charge in [-0.05, 0) is 17.7 Å². The number of carbonyl (C=O) groups is 1. The number of aromatic nitrogens is 2. The third kappa shape index (κ3) is 4.26. The van der Waals surface area contributed by atoms with Crippen LogP contribution < -0.4 is 0 Å². The molecule has 0 bridgehead atoms. The molecular formula is C21H19F3N4O3S. The van der Waals surface area contributed by atoms with Crippen LogP contribution in [0.2, 0.25) is 0 Å². The van der Waals surface area contributed by atoms with E-state index in [0.717, 1.165) is 0 Å². The normalized spacial score (nSPS) is 16.5. The molecule has 1 aliphatic rings. The number of hydrogen-bond donors (Lipinski definition) is 1. The minimum atomic E-state index is -4.70. The number of aromatic amines is 1. The third-order valence-corrected chi connectivity index (χ3v) is 7.18. The summed E-state index contributed by atoms with van der Waals surface area (Å²) in [6, 6.07) is 10.3. The van der Waals surface area contributed by atoms with Gasteiger partial charge in [0.05, 0.1) is 5.57 Å². The smallest absolute Gasteiger partial charge is 0.345 e. The maximum atomic E-state index is 13.5. The van der Waals surface area contributed by atoms with E-state index in [1.807, 2.05) is 0 Å². The second-order valence-electron chi connectivity index (χ2n) is 7.20. The van der Waals surface area contributed by atoms with Gasteiger partial charge in [-0.2, -0.15) is 17.5 Å². The Bertz CT molecular complexity index is 1260. The molecule has 0 atom stereocenters. The number of rotatable bonds is 4. The molecule has 1 saturated heterocycles. The molecule has 7 nitrogen and oxygen atoms in total. The lowest BCUT2D eigenvalue weighted by atomic mass is 10.0. The van der Waals surface area contributed by atoms with Crippen LogP contribution in [0, 0.1) is 0 Å². The molecule has 0 unspecified atom stereocenters. The van der Waals surface area contributed by atoms with E-state index in [4.69, 9.17) is 0 Å². The van der Waals surface area contributed by atoms with Crippen molar-refractivity contribution in [1.82, 2.24) is 19.2 Å². The summed E-state index contributed by atoms with van der Waals surface area (Å²) < 4.78 is 67.8. The van der Waals surface area contributed by atoms with Crippen molar-refractivity contribution in [2.75, 3.05) is 26.2 Å². The van der Waals surface area contributed by atoms with Gasteiger partial charge in [0.2, 0.25) is 15.9 Å². The molecule has 3 heterocycles. The van der Waals surface area contributed by atoms with Crippen molar-refractivity contribution < 1.29 is 26.4 Å². The summed E-state index contributed by atoms with van der Waals surface area (Å²) in [6.07, 6.45) is -1.23. The standard InChI is InChI=1S/C21H19F3N4O3S/c22-21(23,24)17(15-5-2-1-3-6-15)13-19(29)27-9-11-28(12-10-27)32(30,31)18-14-26-20-16(18)7-4-8-25-20/h1-8,13-14H,9-12H2,(H,25,26). The number of amides is 1. The molecule has 1 aromatic carbocycles. The molecule has 1 amide bonds. The molecule has 2 aromatic heterocycles. The summed E-state index contributed by atoms with van der Waals surface area (Å²) in [5, 5.41) is 0.451. The van der Waals surface area contributed by atoms with Crippen molar-refractivity contribution in [3.63, 3.8) is 0 Å². The van der Waals surface area contributed by atoms with Crippen LogP contribution in [0.15, 0.2) is 65.8 Å². The average molecular weight is 464 g/mol. The fourth-order valence-electron chi connectivity index (χ4n) is 3.59. The first-order valence-electron chi connectivity index (χ1n) is 9.73. The zero-order chi connectivity index (χ0) is 22.9. The fraction of sp³-hybridized carbons (Fsp3) is 0.238. The zero-order valence-corrected chi connectivity index (χ0v) is 17.5. The largest absolute Gasteiger partial charge is 0.417 e. The van der Waals surface area contributed by atoms with E-state index < -0.39 is 27.7 Å². The van der Waals surface area contributed by atoms with E-state index in [1.54, 1.807) is 18.2 Å². The summed E-state index contributed by atoms with van der Waals surface area (Å²) in [5.41, 5.74) is -0.711. The van der Waals surface area contributed by atoms with E-state index in [-0.39, 0.29) is 36.6 Å². The summed E-state index contributed by atoms with van der Waals surface area (Å²) in [4.78, 5) is 20.7.